The van der Waals surface area contributed by atoms with Crippen LogP contribution in [-0.4, -0.2) is 64.2 Å². The lowest BCUT2D eigenvalue weighted by Gasteiger charge is -2.40. The predicted octanol–water partition coefficient (Wildman–Crippen LogP) is 4.46. The second kappa shape index (κ2) is 12.0. The highest BCUT2D eigenvalue weighted by atomic mass is 35.5. The van der Waals surface area contributed by atoms with Crippen molar-refractivity contribution in [2.45, 2.75) is 6.04 Å². The summed E-state index contributed by atoms with van der Waals surface area (Å²) in [5.41, 5.74) is 3.61. The lowest BCUT2D eigenvalue weighted by Crippen LogP contribution is -2.50. The number of ether oxygens (including phenoxy) is 1. The molecule has 1 aliphatic rings. The molecule has 0 bridgehead atoms. The third-order valence-corrected chi connectivity index (χ3v) is 6.60. The molecule has 4 rings (SSSR count). The highest BCUT2D eigenvalue weighted by Gasteiger charge is 2.26. The maximum Gasteiger partial charge on any atom is 0.258 e. The zero-order valence-corrected chi connectivity index (χ0v) is 21.1. The molecule has 35 heavy (non-hydrogen) atoms. The van der Waals surface area contributed by atoms with Crippen molar-refractivity contribution >= 4 is 28.9 Å². The van der Waals surface area contributed by atoms with Crippen molar-refractivity contribution in [2.24, 2.45) is 0 Å². The van der Waals surface area contributed by atoms with Crippen LogP contribution in [0.1, 0.15) is 11.6 Å². The fourth-order valence-electron chi connectivity index (χ4n) is 4.32. The first-order valence-corrected chi connectivity index (χ1v) is 12.3. The number of carbonyl (C=O) groups is 1. The lowest BCUT2D eigenvalue weighted by atomic mass is 10.0. The van der Waals surface area contributed by atoms with E-state index in [1.165, 1.54) is 11.3 Å². The summed E-state index contributed by atoms with van der Waals surface area (Å²) in [4.78, 5) is 19.6. The number of rotatable bonds is 9. The second-order valence-corrected chi connectivity index (χ2v) is 9.34. The Morgan fingerprint density at radius 1 is 0.943 bits per heavy atom. The van der Waals surface area contributed by atoms with E-state index in [4.69, 9.17) is 16.3 Å². The van der Waals surface area contributed by atoms with E-state index >= 15 is 0 Å². The molecular formula is C28H33ClN4O2. The average molecular weight is 493 g/mol. The van der Waals surface area contributed by atoms with Crippen molar-refractivity contribution in [1.82, 2.24) is 10.2 Å². The van der Waals surface area contributed by atoms with Crippen molar-refractivity contribution in [2.75, 3.05) is 63.2 Å². The fraction of sp³-hybridized carbons (Fsp3) is 0.321. The monoisotopic (exact) mass is 492 g/mol. The topological polar surface area (TPSA) is 48.1 Å². The summed E-state index contributed by atoms with van der Waals surface area (Å²) < 4.78 is 5.61. The molecule has 184 valence electrons. The average Bonchev–Trinajstić information content (AvgIpc) is 2.89. The number of hydrogen-bond donors (Lipinski definition) is 1. The quantitative estimate of drug-likeness (QED) is 0.477. The van der Waals surface area contributed by atoms with Crippen LogP contribution in [0.15, 0.2) is 78.9 Å². The minimum atomic E-state index is -0.141. The summed E-state index contributed by atoms with van der Waals surface area (Å²) in [5.74, 6) is 0.482. The van der Waals surface area contributed by atoms with Gasteiger partial charge < -0.3 is 19.9 Å². The Bertz CT molecular complexity index is 1070. The number of carbonyl (C=O) groups excluding carboxylic acids is 1. The van der Waals surface area contributed by atoms with Crippen LogP contribution < -0.4 is 19.9 Å². The van der Waals surface area contributed by atoms with Crippen LogP contribution >= 0.6 is 11.6 Å². The number of amides is 1. The van der Waals surface area contributed by atoms with E-state index in [0.29, 0.717) is 17.3 Å². The number of nitrogens with zero attached hydrogens (tertiary/aromatic N) is 3. The summed E-state index contributed by atoms with van der Waals surface area (Å²) in [7, 11) is 4.08. The summed E-state index contributed by atoms with van der Waals surface area (Å²) in [5, 5.41) is 3.72. The third kappa shape index (κ3) is 6.90. The summed E-state index contributed by atoms with van der Waals surface area (Å²) in [6.07, 6.45) is 0. The summed E-state index contributed by atoms with van der Waals surface area (Å²) >= 11 is 5.92. The van der Waals surface area contributed by atoms with E-state index in [0.717, 1.165) is 31.9 Å². The maximum atomic E-state index is 12.6. The molecular weight excluding hydrogens is 460 g/mol. The second-order valence-electron chi connectivity index (χ2n) is 8.91. The zero-order valence-electron chi connectivity index (χ0n) is 20.4. The van der Waals surface area contributed by atoms with Gasteiger partial charge in [-0.15, -0.1) is 0 Å². The summed E-state index contributed by atoms with van der Waals surface area (Å²) in [6.45, 7) is 4.23. The van der Waals surface area contributed by atoms with Gasteiger partial charge in [0.15, 0.2) is 6.61 Å². The molecule has 3 aromatic carbocycles. The van der Waals surface area contributed by atoms with Crippen LogP contribution in [0.25, 0.3) is 0 Å². The minimum Gasteiger partial charge on any atom is -0.484 e. The van der Waals surface area contributed by atoms with Gasteiger partial charge in [-0.2, -0.15) is 0 Å². The highest BCUT2D eigenvalue weighted by Crippen LogP contribution is 2.26. The Morgan fingerprint density at radius 3 is 2.23 bits per heavy atom. The Hall–Kier alpha value is -3.22. The van der Waals surface area contributed by atoms with Gasteiger partial charge in [-0.3, -0.25) is 9.69 Å². The van der Waals surface area contributed by atoms with Gasteiger partial charge in [-0.1, -0.05) is 41.9 Å². The van der Waals surface area contributed by atoms with Gasteiger partial charge in [0.25, 0.3) is 5.91 Å². The predicted molar refractivity (Wildman–Crippen MR) is 144 cm³/mol. The molecule has 1 heterocycles. The normalized spacial score (nSPS) is 14.9. The lowest BCUT2D eigenvalue weighted by molar-refractivity contribution is -0.123. The molecule has 0 saturated carbocycles. The van der Waals surface area contributed by atoms with Crippen molar-refractivity contribution in [3.05, 3.63) is 89.4 Å². The van der Waals surface area contributed by atoms with E-state index < -0.39 is 0 Å². The Balaban J connectivity index is 1.39. The van der Waals surface area contributed by atoms with Crippen LogP contribution in [0.4, 0.5) is 11.4 Å². The molecule has 1 N–H and O–H groups in total. The Kier molecular flexibility index (Phi) is 8.50. The molecule has 0 aliphatic carbocycles. The molecule has 0 spiro atoms. The molecule has 0 aromatic heterocycles. The van der Waals surface area contributed by atoms with Crippen LogP contribution in [-0.2, 0) is 4.79 Å². The van der Waals surface area contributed by atoms with Crippen molar-refractivity contribution in [3.8, 4) is 5.75 Å². The number of anilines is 2. The van der Waals surface area contributed by atoms with Gasteiger partial charge in [-0.05, 0) is 54.1 Å². The van der Waals surface area contributed by atoms with Gasteiger partial charge in [0, 0.05) is 63.2 Å². The largest absolute Gasteiger partial charge is 0.484 e. The molecule has 7 heteroatoms. The van der Waals surface area contributed by atoms with Crippen molar-refractivity contribution in [1.29, 1.82) is 0 Å². The summed E-state index contributed by atoms with van der Waals surface area (Å²) in [6, 6.07) is 26.2. The number of para-hydroxylation sites is 1. The number of halogens is 1. The molecule has 1 saturated heterocycles. The van der Waals surface area contributed by atoms with E-state index in [1.54, 1.807) is 24.3 Å². The Labute approximate surface area is 213 Å². The number of piperazine rings is 1. The zero-order chi connectivity index (χ0) is 24.6. The number of nitrogens with one attached hydrogen (secondary N) is 1. The standard InChI is InChI=1S/C28H33ClN4O2/c1-31(2)24-12-8-22(9-13-24)27(20-30-28(34)21-35-26-14-10-23(29)11-15-26)33-18-16-32(17-19-33)25-6-4-3-5-7-25/h3-15,27H,16-21H2,1-2H3,(H,30,34). The van der Waals surface area contributed by atoms with Gasteiger partial charge in [-0.25, -0.2) is 0 Å². The SMILES string of the molecule is CN(C)c1ccc(C(CNC(=O)COc2ccc(Cl)cc2)N2CCN(c3ccccc3)CC2)cc1. The Morgan fingerprint density at radius 2 is 1.60 bits per heavy atom. The fourth-order valence-corrected chi connectivity index (χ4v) is 4.45. The van der Waals surface area contributed by atoms with Gasteiger partial charge in [0.05, 0.1) is 6.04 Å². The van der Waals surface area contributed by atoms with Crippen LogP contribution in [0, 0.1) is 0 Å². The van der Waals surface area contributed by atoms with Gasteiger partial charge in [0.2, 0.25) is 0 Å². The molecule has 6 nitrogen and oxygen atoms in total. The first-order valence-electron chi connectivity index (χ1n) is 12.0. The van der Waals surface area contributed by atoms with E-state index in [2.05, 4.69) is 68.5 Å². The number of hydrogen-bond acceptors (Lipinski definition) is 5. The molecule has 1 unspecified atom stereocenters. The first kappa shape index (κ1) is 24.9. The molecule has 3 aromatic rings. The maximum absolute atomic E-state index is 12.6. The minimum absolute atomic E-state index is 0.0320. The van der Waals surface area contributed by atoms with Gasteiger partial charge in [0.1, 0.15) is 5.75 Å². The smallest absolute Gasteiger partial charge is 0.258 e. The molecule has 0 radical (unpaired) electrons. The molecule has 1 atom stereocenters. The van der Waals surface area contributed by atoms with Crippen molar-refractivity contribution < 1.29 is 9.53 Å². The highest BCUT2D eigenvalue weighted by molar-refractivity contribution is 6.30. The van der Waals surface area contributed by atoms with Crippen LogP contribution in [0.3, 0.4) is 0 Å². The van der Waals surface area contributed by atoms with E-state index in [1.807, 2.05) is 20.2 Å². The van der Waals surface area contributed by atoms with Crippen molar-refractivity contribution in [3.63, 3.8) is 0 Å². The third-order valence-electron chi connectivity index (χ3n) is 6.35. The van der Waals surface area contributed by atoms with Gasteiger partial charge >= 0.3 is 0 Å². The molecule has 1 aliphatic heterocycles. The van der Waals surface area contributed by atoms with Crippen LogP contribution in [0.5, 0.6) is 5.75 Å². The molecule has 1 fully saturated rings. The van der Waals surface area contributed by atoms with E-state index in [9.17, 15) is 4.79 Å². The van der Waals surface area contributed by atoms with E-state index in [-0.39, 0.29) is 18.6 Å². The molecule has 1 amide bonds. The first-order chi connectivity index (χ1) is 17.0. The van der Waals surface area contributed by atoms with Crippen LogP contribution in [0.2, 0.25) is 5.02 Å². The number of benzene rings is 3.